The predicted octanol–water partition coefficient (Wildman–Crippen LogP) is 2.64. The molecular formula is C21H16N4O3. The lowest BCUT2D eigenvalue weighted by Crippen LogP contribution is -2.14. The van der Waals surface area contributed by atoms with E-state index in [2.05, 4.69) is 10.1 Å². The average molecular weight is 372 g/mol. The van der Waals surface area contributed by atoms with Crippen LogP contribution in [-0.4, -0.2) is 26.5 Å². The average Bonchev–Trinajstić information content (AvgIpc) is 3.13. The van der Waals surface area contributed by atoms with E-state index in [0.717, 1.165) is 11.3 Å². The second kappa shape index (κ2) is 7.32. The fourth-order valence-corrected chi connectivity index (χ4v) is 2.95. The number of benzene rings is 2. The van der Waals surface area contributed by atoms with Gasteiger partial charge in [0, 0.05) is 11.8 Å². The number of nitrogens with zero attached hydrogens (tertiary/aromatic N) is 3. The van der Waals surface area contributed by atoms with Crippen molar-refractivity contribution < 1.29 is 14.3 Å². The zero-order valence-corrected chi connectivity index (χ0v) is 14.8. The van der Waals surface area contributed by atoms with Crippen LogP contribution in [0.2, 0.25) is 0 Å². The van der Waals surface area contributed by atoms with Crippen LogP contribution >= 0.6 is 0 Å². The molecule has 0 bridgehead atoms. The van der Waals surface area contributed by atoms with Gasteiger partial charge in [0.15, 0.2) is 5.65 Å². The first kappa shape index (κ1) is 17.4. The molecule has 2 aromatic carbocycles. The Morgan fingerprint density at radius 2 is 1.86 bits per heavy atom. The minimum Gasteiger partial charge on any atom is -0.423 e. The minimum atomic E-state index is -0.580. The number of aromatic nitrogens is 3. The van der Waals surface area contributed by atoms with Gasteiger partial charge < -0.3 is 10.5 Å². The largest absolute Gasteiger partial charge is 0.423 e. The molecule has 2 heterocycles. The Labute approximate surface area is 160 Å². The molecule has 7 heteroatoms. The first-order chi connectivity index (χ1) is 13.6. The van der Waals surface area contributed by atoms with Crippen LogP contribution in [0.5, 0.6) is 5.75 Å². The van der Waals surface area contributed by atoms with Crippen LogP contribution in [-0.2, 0) is 11.2 Å². The molecule has 0 fully saturated rings. The molecule has 2 aromatic heterocycles. The summed E-state index contributed by atoms with van der Waals surface area (Å²) in [6, 6.07) is 18.2. The summed E-state index contributed by atoms with van der Waals surface area (Å²) < 4.78 is 7.06. The van der Waals surface area contributed by atoms with Crippen molar-refractivity contribution in [2.24, 2.45) is 5.73 Å². The van der Waals surface area contributed by atoms with Crippen LogP contribution in [0.1, 0.15) is 15.9 Å². The van der Waals surface area contributed by atoms with E-state index in [1.807, 2.05) is 36.4 Å². The Balaban J connectivity index is 1.65. The summed E-state index contributed by atoms with van der Waals surface area (Å²) in [5.74, 6) is -0.713. The molecule has 0 aliphatic heterocycles. The summed E-state index contributed by atoms with van der Waals surface area (Å²) in [6.07, 6.45) is 3.14. The Morgan fingerprint density at radius 1 is 1.04 bits per heavy atom. The second-order valence-electron chi connectivity index (χ2n) is 6.17. The smallest absolute Gasteiger partial charge is 0.349 e. The molecule has 138 valence electrons. The van der Waals surface area contributed by atoms with Gasteiger partial charge in [-0.15, -0.1) is 0 Å². The Morgan fingerprint density at radius 3 is 2.64 bits per heavy atom. The zero-order chi connectivity index (χ0) is 19.5. The zero-order valence-electron chi connectivity index (χ0n) is 14.8. The van der Waals surface area contributed by atoms with Gasteiger partial charge in [-0.25, -0.2) is 14.3 Å². The van der Waals surface area contributed by atoms with Crippen molar-refractivity contribution in [3.8, 4) is 17.0 Å². The van der Waals surface area contributed by atoms with Crippen molar-refractivity contribution in [1.29, 1.82) is 0 Å². The van der Waals surface area contributed by atoms with Crippen LogP contribution in [0.3, 0.4) is 0 Å². The molecule has 28 heavy (non-hydrogen) atoms. The first-order valence-electron chi connectivity index (χ1n) is 8.59. The van der Waals surface area contributed by atoms with Gasteiger partial charge in [-0.3, -0.25) is 4.79 Å². The third-order valence-corrected chi connectivity index (χ3v) is 4.18. The Bertz CT molecular complexity index is 1170. The van der Waals surface area contributed by atoms with Crippen LogP contribution in [0.15, 0.2) is 73.1 Å². The van der Waals surface area contributed by atoms with E-state index < -0.39 is 11.9 Å². The first-order valence-corrected chi connectivity index (χ1v) is 8.59. The van der Waals surface area contributed by atoms with Crippen LogP contribution in [0.25, 0.3) is 16.9 Å². The molecule has 0 unspecified atom stereocenters. The highest BCUT2D eigenvalue weighted by atomic mass is 16.5. The number of carbonyl (C=O) groups excluding carboxylic acids is 2. The van der Waals surface area contributed by atoms with Gasteiger partial charge in [0.2, 0.25) is 5.91 Å². The summed E-state index contributed by atoms with van der Waals surface area (Å²) in [7, 11) is 0. The maximum absolute atomic E-state index is 12.7. The summed E-state index contributed by atoms with van der Waals surface area (Å²) in [4.78, 5) is 28.0. The van der Waals surface area contributed by atoms with E-state index in [1.165, 1.54) is 6.20 Å². The fraction of sp³-hybridized carbons (Fsp3) is 0.0476. The molecule has 0 saturated carbocycles. The molecule has 4 aromatic rings. The monoisotopic (exact) mass is 372 g/mol. The van der Waals surface area contributed by atoms with E-state index >= 15 is 0 Å². The highest BCUT2D eigenvalue weighted by Crippen LogP contribution is 2.22. The number of rotatable bonds is 5. The third-order valence-electron chi connectivity index (χ3n) is 4.18. The third kappa shape index (κ3) is 3.45. The molecule has 0 aliphatic rings. The van der Waals surface area contributed by atoms with Gasteiger partial charge in [-0.2, -0.15) is 5.10 Å². The van der Waals surface area contributed by atoms with Gasteiger partial charge in [0.1, 0.15) is 11.3 Å². The Hall–Kier alpha value is -4.00. The van der Waals surface area contributed by atoms with Gasteiger partial charge in [0.25, 0.3) is 0 Å². The maximum Gasteiger partial charge on any atom is 0.349 e. The van der Waals surface area contributed by atoms with Gasteiger partial charge in [0.05, 0.1) is 18.3 Å². The predicted molar refractivity (Wildman–Crippen MR) is 103 cm³/mol. The van der Waals surface area contributed by atoms with Gasteiger partial charge >= 0.3 is 5.97 Å². The van der Waals surface area contributed by atoms with Crippen molar-refractivity contribution >= 4 is 17.5 Å². The highest BCUT2D eigenvalue weighted by Gasteiger charge is 2.18. The SMILES string of the molecule is NC(=O)Cc1cccc(OC(=O)c2cnn3c(-c4ccccc4)ccnc23)c1. The highest BCUT2D eigenvalue weighted by molar-refractivity contribution is 5.97. The minimum absolute atomic E-state index is 0.0735. The van der Waals surface area contributed by atoms with Crippen molar-refractivity contribution in [1.82, 2.24) is 14.6 Å². The second-order valence-corrected chi connectivity index (χ2v) is 6.17. The van der Waals surface area contributed by atoms with E-state index in [9.17, 15) is 9.59 Å². The molecule has 0 atom stereocenters. The number of amides is 1. The molecule has 0 radical (unpaired) electrons. The molecule has 0 saturated heterocycles. The number of esters is 1. The van der Waals surface area contributed by atoms with Gasteiger partial charge in [-0.1, -0.05) is 42.5 Å². The van der Waals surface area contributed by atoms with E-state index in [4.69, 9.17) is 10.5 Å². The van der Waals surface area contributed by atoms with Gasteiger partial charge in [-0.05, 0) is 23.8 Å². The summed E-state index contributed by atoms with van der Waals surface area (Å²) >= 11 is 0. The van der Waals surface area contributed by atoms with E-state index in [-0.39, 0.29) is 12.0 Å². The molecule has 2 N–H and O–H groups in total. The van der Waals surface area contributed by atoms with Crippen LogP contribution in [0, 0.1) is 0 Å². The summed E-state index contributed by atoms with van der Waals surface area (Å²) in [5.41, 5.74) is 8.30. The number of fused-ring (bicyclic) bond motifs is 1. The molecule has 4 rings (SSSR count). The molecule has 0 aliphatic carbocycles. The number of nitrogens with two attached hydrogens (primary N) is 1. The van der Waals surface area contributed by atoms with E-state index in [1.54, 1.807) is 35.0 Å². The number of primary amides is 1. The molecular weight excluding hydrogens is 356 g/mol. The fourth-order valence-electron chi connectivity index (χ4n) is 2.95. The molecule has 0 spiro atoms. The summed E-state index contributed by atoms with van der Waals surface area (Å²) in [6.45, 7) is 0. The standard InChI is InChI=1S/C21H16N4O3/c22-19(26)12-14-5-4-8-16(11-14)28-21(27)17-13-24-25-18(9-10-23-20(17)25)15-6-2-1-3-7-15/h1-11,13H,12H2,(H2,22,26). The number of hydrogen-bond donors (Lipinski definition) is 1. The topological polar surface area (TPSA) is 99.6 Å². The van der Waals surface area contributed by atoms with E-state index in [0.29, 0.717) is 17.0 Å². The number of carbonyl (C=O) groups is 2. The van der Waals surface area contributed by atoms with Crippen LogP contribution in [0.4, 0.5) is 0 Å². The lowest BCUT2D eigenvalue weighted by Gasteiger charge is -2.06. The lowest BCUT2D eigenvalue weighted by atomic mass is 10.1. The lowest BCUT2D eigenvalue weighted by molar-refractivity contribution is -0.117. The summed E-state index contributed by atoms with van der Waals surface area (Å²) in [5, 5.41) is 4.31. The number of ether oxygens (including phenoxy) is 1. The number of hydrogen-bond acceptors (Lipinski definition) is 5. The molecule has 7 nitrogen and oxygen atoms in total. The van der Waals surface area contributed by atoms with Crippen LogP contribution < -0.4 is 10.5 Å². The van der Waals surface area contributed by atoms with Crippen molar-refractivity contribution in [3.05, 3.63) is 84.2 Å². The normalized spacial score (nSPS) is 10.7. The van der Waals surface area contributed by atoms with Crippen molar-refractivity contribution in [3.63, 3.8) is 0 Å². The van der Waals surface area contributed by atoms with Crippen molar-refractivity contribution in [2.45, 2.75) is 6.42 Å². The molecule has 1 amide bonds. The van der Waals surface area contributed by atoms with Crippen molar-refractivity contribution in [2.75, 3.05) is 0 Å². The quantitative estimate of drug-likeness (QED) is 0.429. The Kier molecular flexibility index (Phi) is 4.55. The maximum atomic E-state index is 12.7.